The highest BCUT2D eigenvalue weighted by atomic mass is 14.7. The summed E-state index contributed by atoms with van der Waals surface area (Å²) in [5.74, 6) is 0. The summed E-state index contributed by atoms with van der Waals surface area (Å²) in [5, 5.41) is 0. The maximum atomic E-state index is 4.53. The van der Waals surface area contributed by atoms with Gasteiger partial charge in [-0.15, -0.1) is 0 Å². The number of pyridine rings is 1. The highest BCUT2D eigenvalue weighted by Crippen LogP contribution is 2.29. The zero-order valence-electron chi connectivity index (χ0n) is 10.7. The molecule has 0 aliphatic rings. The van der Waals surface area contributed by atoms with E-state index < -0.39 is 0 Å². The second-order valence-corrected chi connectivity index (χ2v) is 4.13. The molecule has 0 unspecified atom stereocenters. The summed E-state index contributed by atoms with van der Waals surface area (Å²) >= 11 is 0. The van der Waals surface area contributed by atoms with Crippen LogP contribution in [0.3, 0.4) is 0 Å². The molecular weight excluding hydrogens is 232 g/mol. The fourth-order valence-corrected chi connectivity index (χ4v) is 2.08. The maximum absolute atomic E-state index is 4.53. The van der Waals surface area contributed by atoms with E-state index in [0.29, 0.717) is 0 Å². The van der Waals surface area contributed by atoms with Gasteiger partial charge in [0.05, 0.1) is 5.69 Å². The average Bonchev–Trinajstić information content (AvgIpc) is 2.49. The number of hydrogen-bond donors (Lipinski definition) is 1. The first-order valence-electron chi connectivity index (χ1n) is 6.01. The molecule has 0 amide bonds. The van der Waals surface area contributed by atoms with E-state index in [1.807, 2.05) is 36.5 Å². The van der Waals surface area contributed by atoms with Gasteiger partial charge in [0, 0.05) is 17.3 Å². The molecule has 1 aromatic heterocycles. The van der Waals surface area contributed by atoms with Crippen LogP contribution in [0.4, 0.5) is 0 Å². The predicted octanol–water partition coefficient (Wildman–Crippen LogP) is 4.58. The first-order chi connectivity index (χ1) is 8.95. The third-order valence-corrected chi connectivity index (χ3v) is 2.94. The predicted molar refractivity (Wildman–Crippen MR) is 80.1 cm³/mol. The molecule has 0 bridgehead atoms. The Morgan fingerprint density at radius 1 is 0.579 bits per heavy atom. The average molecular weight is 248 g/mol. The highest BCUT2D eigenvalue weighted by Gasteiger charge is 2.06. The molecule has 3 rings (SSSR count). The lowest BCUT2D eigenvalue weighted by Gasteiger charge is -2.08. The van der Waals surface area contributed by atoms with Gasteiger partial charge in [-0.25, -0.2) is 0 Å². The summed E-state index contributed by atoms with van der Waals surface area (Å²) < 4.78 is 0. The van der Waals surface area contributed by atoms with Crippen LogP contribution in [0.25, 0.3) is 22.4 Å². The first-order valence-corrected chi connectivity index (χ1v) is 6.01. The van der Waals surface area contributed by atoms with Crippen LogP contribution >= 0.6 is 0 Å². The maximum Gasteiger partial charge on any atom is 0.0780 e. The van der Waals surface area contributed by atoms with Crippen molar-refractivity contribution in [1.82, 2.24) is 11.1 Å². The third-order valence-electron chi connectivity index (χ3n) is 2.94. The van der Waals surface area contributed by atoms with Gasteiger partial charge in [-0.2, -0.15) is 0 Å². The molecule has 1 heterocycles. The molecule has 19 heavy (non-hydrogen) atoms. The smallest absolute Gasteiger partial charge is 0.0780 e. The van der Waals surface area contributed by atoms with Crippen LogP contribution in [0.5, 0.6) is 0 Å². The zero-order valence-corrected chi connectivity index (χ0v) is 10.7. The van der Waals surface area contributed by atoms with Crippen molar-refractivity contribution >= 4 is 0 Å². The van der Waals surface area contributed by atoms with Gasteiger partial charge in [-0.05, 0) is 11.6 Å². The molecule has 0 saturated heterocycles. The topological polar surface area (TPSA) is 47.9 Å². The van der Waals surface area contributed by atoms with E-state index in [0.717, 1.165) is 11.3 Å². The number of rotatable bonds is 2. The van der Waals surface area contributed by atoms with Crippen molar-refractivity contribution < 1.29 is 0 Å². The van der Waals surface area contributed by atoms with Crippen molar-refractivity contribution in [2.75, 3.05) is 0 Å². The second-order valence-electron chi connectivity index (χ2n) is 4.13. The van der Waals surface area contributed by atoms with E-state index in [1.54, 1.807) is 0 Å². The van der Waals surface area contributed by atoms with Crippen molar-refractivity contribution in [3.63, 3.8) is 0 Å². The lowest BCUT2D eigenvalue weighted by Crippen LogP contribution is -1.88. The summed E-state index contributed by atoms with van der Waals surface area (Å²) in [6, 6.07) is 24.7. The molecule has 0 atom stereocenters. The molecule has 0 aliphatic heterocycles. The van der Waals surface area contributed by atoms with Crippen molar-refractivity contribution in [3.8, 4) is 22.4 Å². The summed E-state index contributed by atoms with van der Waals surface area (Å²) in [7, 11) is 0. The Morgan fingerprint density at radius 2 is 1.16 bits per heavy atom. The Morgan fingerprint density at radius 3 is 1.79 bits per heavy atom. The van der Waals surface area contributed by atoms with Gasteiger partial charge in [-0.1, -0.05) is 66.7 Å². The minimum atomic E-state index is 0. The minimum absolute atomic E-state index is 0. The van der Waals surface area contributed by atoms with Gasteiger partial charge in [0.25, 0.3) is 0 Å². The van der Waals surface area contributed by atoms with Crippen LogP contribution in [-0.2, 0) is 0 Å². The molecule has 0 radical (unpaired) electrons. The van der Waals surface area contributed by atoms with E-state index in [4.69, 9.17) is 0 Å². The summed E-state index contributed by atoms with van der Waals surface area (Å²) in [5.41, 5.74) is 4.55. The van der Waals surface area contributed by atoms with Crippen LogP contribution in [0.1, 0.15) is 0 Å². The second kappa shape index (κ2) is 5.94. The fourth-order valence-electron chi connectivity index (χ4n) is 2.08. The van der Waals surface area contributed by atoms with Gasteiger partial charge in [0.15, 0.2) is 0 Å². The molecule has 0 saturated carbocycles. The normalized spacial score (nSPS) is 9.68. The highest BCUT2D eigenvalue weighted by molar-refractivity contribution is 5.80. The Bertz CT molecular complexity index is 575. The van der Waals surface area contributed by atoms with Gasteiger partial charge in [0.1, 0.15) is 0 Å². The van der Waals surface area contributed by atoms with E-state index in [9.17, 15) is 0 Å². The largest absolute Gasteiger partial charge is 0.344 e. The van der Waals surface area contributed by atoms with Crippen molar-refractivity contribution in [1.29, 1.82) is 0 Å². The van der Waals surface area contributed by atoms with Gasteiger partial charge in [-0.3, -0.25) is 4.98 Å². The first kappa shape index (κ1) is 13.0. The molecule has 3 N–H and O–H groups in total. The Labute approximate surface area is 113 Å². The van der Waals surface area contributed by atoms with Crippen LogP contribution in [0.15, 0.2) is 79.0 Å². The quantitative estimate of drug-likeness (QED) is 0.721. The fraction of sp³-hybridized carbons (Fsp3) is 0. The Balaban J connectivity index is 0.00000133. The van der Waals surface area contributed by atoms with E-state index >= 15 is 0 Å². The van der Waals surface area contributed by atoms with Crippen LogP contribution < -0.4 is 6.15 Å². The molecular formula is C17H16N2. The van der Waals surface area contributed by atoms with Crippen LogP contribution in [-0.4, -0.2) is 4.98 Å². The number of aromatic nitrogens is 1. The van der Waals surface area contributed by atoms with Crippen molar-refractivity contribution in [2.45, 2.75) is 0 Å². The van der Waals surface area contributed by atoms with Crippen LogP contribution in [0, 0.1) is 0 Å². The zero-order chi connectivity index (χ0) is 12.2. The molecule has 2 aromatic carbocycles. The van der Waals surface area contributed by atoms with Gasteiger partial charge >= 0.3 is 0 Å². The summed E-state index contributed by atoms with van der Waals surface area (Å²) in [6.45, 7) is 0. The SMILES string of the molecule is N.c1ccc(-c2cccnc2-c2ccccc2)cc1. The number of benzene rings is 2. The standard InChI is InChI=1S/C17H13N.H3N/c1-3-8-14(9-4-1)16-12-7-13-18-17(16)15-10-5-2-6-11-15;/h1-13H;1H3. The third kappa shape index (κ3) is 2.69. The summed E-state index contributed by atoms with van der Waals surface area (Å²) in [6.07, 6.45) is 1.84. The van der Waals surface area contributed by atoms with E-state index in [1.165, 1.54) is 11.1 Å². The van der Waals surface area contributed by atoms with Crippen LogP contribution in [0.2, 0.25) is 0 Å². The monoisotopic (exact) mass is 248 g/mol. The minimum Gasteiger partial charge on any atom is -0.344 e. The molecule has 0 fully saturated rings. The lowest BCUT2D eigenvalue weighted by molar-refractivity contribution is 1.32. The van der Waals surface area contributed by atoms with Gasteiger partial charge < -0.3 is 6.15 Å². The molecule has 2 nitrogen and oxygen atoms in total. The number of hydrogen-bond acceptors (Lipinski definition) is 2. The van der Waals surface area contributed by atoms with Crippen molar-refractivity contribution in [2.24, 2.45) is 0 Å². The molecule has 2 heteroatoms. The summed E-state index contributed by atoms with van der Waals surface area (Å²) in [4.78, 5) is 4.53. The molecule has 0 aliphatic carbocycles. The Kier molecular flexibility index (Phi) is 4.06. The van der Waals surface area contributed by atoms with Crippen molar-refractivity contribution in [3.05, 3.63) is 79.0 Å². The number of nitrogens with zero attached hydrogens (tertiary/aromatic N) is 1. The molecule has 3 aromatic rings. The van der Waals surface area contributed by atoms with E-state index in [-0.39, 0.29) is 6.15 Å². The van der Waals surface area contributed by atoms with Gasteiger partial charge in [0.2, 0.25) is 0 Å². The lowest BCUT2D eigenvalue weighted by atomic mass is 10.00. The molecule has 94 valence electrons. The van der Waals surface area contributed by atoms with E-state index in [2.05, 4.69) is 47.4 Å². The Hall–Kier alpha value is -2.45. The molecule has 0 spiro atoms.